The van der Waals surface area contributed by atoms with Gasteiger partial charge in [-0.05, 0) is 49.4 Å². The van der Waals surface area contributed by atoms with Crippen molar-refractivity contribution in [2.75, 3.05) is 26.2 Å². The lowest BCUT2D eigenvalue weighted by molar-refractivity contribution is 0.0775. The van der Waals surface area contributed by atoms with Gasteiger partial charge < -0.3 is 19.9 Å². The van der Waals surface area contributed by atoms with Crippen LogP contribution in [0.5, 0.6) is 17.2 Å². The Kier molecular flexibility index (Phi) is 7.42. The molecule has 2 aromatic rings. The molecule has 2 N–H and O–H groups in total. The van der Waals surface area contributed by atoms with Gasteiger partial charge in [0.25, 0.3) is 0 Å². The number of methoxy groups -OCH3 is 2. The zero-order valence-corrected chi connectivity index (χ0v) is 17.3. The fourth-order valence-corrected chi connectivity index (χ4v) is 3.40. The average molecular weight is 390 g/mol. The lowest BCUT2D eigenvalue weighted by Crippen LogP contribution is -2.28. The highest BCUT2D eigenvalue weighted by Crippen LogP contribution is 2.36. The molecule has 0 saturated carbocycles. The molecular formula is C21H27NO4S. The molecule has 0 aromatic heterocycles. The van der Waals surface area contributed by atoms with E-state index in [1.54, 1.807) is 26.4 Å². The minimum atomic E-state index is -0.654. The summed E-state index contributed by atoms with van der Waals surface area (Å²) in [6, 6.07) is 9.09. The zero-order chi connectivity index (χ0) is 20.0. The van der Waals surface area contributed by atoms with Crippen molar-refractivity contribution in [2.24, 2.45) is 0 Å². The molecule has 0 fully saturated rings. The molecule has 0 heterocycles. The van der Waals surface area contributed by atoms with Crippen LogP contribution in [0.3, 0.4) is 0 Å². The Morgan fingerprint density at radius 3 is 2.37 bits per heavy atom. The van der Waals surface area contributed by atoms with Crippen LogP contribution in [0.25, 0.3) is 0 Å². The van der Waals surface area contributed by atoms with Gasteiger partial charge in [-0.15, -0.1) is 11.8 Å². The molecule has 146 valence electrons. The van der Waals surface area contributed by atoms with Gasteiger partial charge in [0, 0.05) is 0 Å². The molecule has 0 aliphatic carbocycles. The van der Waals surface area contributed by atoms with Crippen LogP contribution in [0.2, 0.25) is 0 Å². The third-order valence-corrected chi connectivity index (χ3v) is 5.01. The first-order valence-electron chi connectivity index (χ1n) is 8.82. The van der Waals surface area contributed by atoms with Gasteiger partial charge >= 0.3 is 0 Å². The van der Waals surface area contributed by atoms with Crippen LogP contribution in [0.4, 0.5) is 5.69 Å². The first-order valence-corrected chi connectivity index (χ1v) is 10.0. The van der Waals surface area contributed by atoms with Gasteiger partial charge in [0.15, 0.2) is 6.10 Å². The Bertz CT molecular complexity index is 807. The monoisotopic (exact) mass is 389 g/mol. The zero-order valence-electron chi connectivity index (χ0n) is 16.5. The van der Waals surface area contributed by atoms with Crippen molar-refractivity contribution in [1.29, 1.82) is 0 Å². The molecule has 6 heteroatoms. The average Bonchev–Trinajstić information content (AvgIpc) is 2.67. The molecule has 0 saturated heterocycles. The second-order valence-electron chi connectivity index (χ2n) is 6.21. The molecule has 2 rings (SSSR count). The second-order valence-corrected chi connectivity index (χ2v) is 7.06. The topological polar surface area (TPSA) is 70.8 Å². The predicted molar refractivity (Wildman–Crippen MR) is 111 cm³/mol. The first kappa shape index (κ1) is 21.0. The quantitative estimate of drug-likeness (QED) is 0.379. The van der Waals surface area contributed by atoms with E-state index in [1.165, 1.54) is 11.8 Å². The summed E-state index contributed by atoms with van der Waals surface area (Å²) in [7, 11) is 3.14. The van der Waals surface area contributed by atoms with Crippen molar-refractivity contribution in [3.8, 4) is 17.2 Å². The third kappa shape index (κ3) is 4.89. The predicted octanol–water partition coefficient (Wildman–Crippen LogP) is 4.75. The van der Waals surface area contributed by atoms with Gasteiger partial charge in [0.05, 0.1) is 30.4 Å². The van der Waals surface area contributed by atoms with Gasteiger partial charge in [-0.25, -0.2) is 0 Å². The standard InChI is InChI=1S/C21H27NO4S/c1-6-7-17(26-16-9-8-13(2)10-15(16)22)21(23)14-11-19(25-4)20(27-5)12-18(14)24-3/h8-12,17H,6-7,22H2,1-5H3. The minimum Gasteiger partial charge on any atom is -0.496 e. The molecule has 0 aliphatic heterocycles. The fourth-order valence-electron chi connectivity index (χ4n) is 2.83. The molecule has 1 unspecified atom stereocenters. The van der Waals surface area contributed by atoms with Crippen molar-refractivity contribution in [2.45, 2.75) is 37.7 Å². The summed E-state index contributed by atoms with van der Waals surface area (Å²) in [6.07, 6.45) is 2.66. The highest BCUT2D eigenvalue weighted by molar-refractivity contribution is 7.98. The lowest BCUT2D eigenvalue weighted by atomic mass is 10.0. The van der Waals surface area contributed by atoms with Gasteiger partial charge in [-0.2, -0.15) is 0 Å². The Morgan fingerprint density at radius 2 is 1.81 bits per heavy atom. The highest BCUT2D eigenvalue weighted by Gasteiger charge is 2.26. The van der Waals surface area contributed by atoms with E-state index in [-0.39, 0.29) is 5.78 Å². The van der Waals surface area contributed by atoms with Crippen LogP contribution in [0, 0.1) is 6.92 Å². The van der Waals surface area contributed by atoms with E-state index in [0.717, 1.165) is 16.9 Å². The molecular weight excluding hydrogens is 362 g/mol. The van der Waals surface area contributed by atoms with Crippen LogP contribution < -0.4 is 19.9 Å². The number of carbonyl (C=O) groups excluding carboxylic acids is 1. The molecule has 1 atom stereocenters. The Hall–Kier alpha value is -2.34. The summed E-state index contributed by atoms with van der Waals surface area (Å²) in [6.45, 7) is 3.97. The van der Waals surface area contributed by atoms with Crippen molar-refractivity contribution < 1.29 is 19.0 Å². The number of hydrogen-bond acceptors (Lipinski definition) is 6. The van der Waals surface area contributed by atoms with Gasteiger partial charge in [0.1, 0.15) is 17.2 Å². The van der Waals surface area contributed by atoms with Crippen LogP contribution in [0.1, 0.15) is 35.7 Å². The minimum absolute atomic E-state index is 0.153. The Labute approximate surface area is 165 Å². The Balaban J connectivity index is 2.41. The van der Waals surface area contributed by atoms with Gasteiger partial charge in [-0.1, -0.05) is 19.4 Å². The second kappa shape index (κ2) is 9.55. The highest BCUT2D eigenvalue weighted by atomic mass is 32.2. The van der Waals surface area contributed by atoms with Crippen LogP contribution in [0.15, 0.2) is 35.2 Å². The first-order chi connectivity index (χ1) is 12.9. The number of hydrogen-bond donors (Lipinski definition) is 1. The van der Waals surface area contributed by atoms with Gasteiger partial charge in [-0.3, -0.25) is 4.79 Å². The van der Waals surface area contributed by atoms with Gasteiger partial charge in [0.2, 0.25) is 5.78 Å². The van der Waals surface area contributed by atoms with E-state index < -0.39 is 6.10 Å². The van der Waals surface area contributed by atoms with Crippen LogP contribution in [-0.4, -0.2) is 32.4 Å². The van der Waals surface area contributed by atoms with E-state index in [1.807, 2.05) is 38.3 Å². The maximum atomic E-state index is 13.3. The largest absolute Gasteiger partial charge is 0.496 e. The molecule has 0 bridgehead atoms. The number of nitrogen functional groups attached to an aromatic ring is 1. The molecule has 0 spiro atoms. The number of ether oxygens (including phenoxy) is 3. The van der Waals surface area contributed by atoms with Crippen molar-refractivity contribution >= 4 is 23.2 Å². The Morgan fingerprint density at radius 1 is 1.11 bits per heavy atom. The number of rotatable bonds is 9. The summed E-state index contributed by atoms with van der Waals surface area (Å²) in [5.41, 5.74) is 8.06. The number of carbonyl (C=O) groups is 1. The van der Waals surface area contributed by atoms with Crippen molar-refractivity contribution in [3.05, 3.63) is 41.5 Å². The van der Waals surface area contributed by atoms with E-state index in [2.05, 4.69) is 0 Å². The molecule has 0 radical (unpaired) electrons. The summed E-state index contributed by atoms with van der Waals surface area (Å²) in [4.78, 5) is 14.2. The molecule has 2 aromatic carbocycles. The van der Waals surface area contributed by atoms with Crippen LogP contribution >= 0.6 is 11.8 Å². The normalized spacial score (nSPS) is 11.7. The summed E-state index contributed by atoms with van der Waals surface area (Å²) >= 11 is 1.53. The van der Waals surface area contributed by atoms with E-state index in [9.17, 15) is 4.79 Å². The smallest absolute Gasteiger partial charge is 0.207 e. The summed E-state index contributed by atoms with van der Waals surface area (Å²) < 4.78 is 16.9. The summed E-state index contributed by atoms with van der Waals surface area (Å²) in [5, 5.41) is 0. The van der Waals surface area contributed by atoms with Crippen molar-refractivity contribution in [1.82, 2.24) is 0 Å². The number of benzene rings is 2. The summed E-state index contributed by atoms with van der Waals surface area (Å²) in [5.74, 6) is 1.50. The third-order valence-electron chi connectivity index (χ3n) is 4.25. The fraction of sp³-hybridized carbons (Fsp3) is 0.381. The van der Waals surface area contributed by atoms with Crippen LogP contribution in [-0.2, 0) is 0 Å². The SMILES string of the molecule is CCCC(Oc1ccc(C)cc1N)C(=O)c1cc(OC)c(SC)cc1OC. The molecule has 0 aliphatic rings. The number of nitrogens with two attached hydrogens (primary N) is 1. The number of thioether (sulfide) groups is 1. The maximum absolute atomic E-state index is 13.3. The molecule has 5 nitrogen and oxygen atoms in total. The number of ketones is 1. The van der Waals surface area contributed by atoms with E-state index >= 15 is 0 Å². The molecule has 0 amide bonds. The van der Waals surface area contributed by atoms with Crippen molar-refractivity contribution in [3.63, 3.8) is 0 Å². The number of anilines is 1. The lowest BCUT2D eigenvalue weighted by Gasteiger charge is -2.21. The van der Waals surface area contributed by atoms with E-state index in [4.69, 9.17) is 19.9 Å². The maximum Gasteiger partial charge on any atom is 0.207 e. The number of aryl methyl sites for hydroxylation is 1. The van der Waals surface area contributed by atoms with E-state index in [0.29, 0.717) is 34.9 Å². The number of Topliss-reactive ketones (excluding diaryl/α,β-unsaturated/α-hetero) is 1. The molecule has 27 heavy (non-hydrogen) atoms.